The van der Waals surface area contributed by atoms with Crippen LogP contribution in [0.4, 0.5) is 0 Å². The molecule has 98 valence electrons. The van der Waals surface area contributed by atoms with Crippen molar-refractivity contribution in [1.29, 1.82) is 0 Å². The molecule has 4 heteroatoms. The maximum absolute atomic E-state index is 6.05. The molecule has 18 heavy (non-hydrogen) atoms. The Kier molecular flexibility index (Phi) is 3.73. The monoisotopic (exact) mass is 267 g/mol. The zero-order valence-electron chi connectivity index (χ0n) is 10.4. The lowest BCUT2D eigenvalue weighted by Crippen LogP contribution is -2.31. The highest BCUT2D eigenvalue weighted by Gasteiger charge is 2.22. The van der Waals surface area contributed by atoms with Crippen molar-refractivity contribution in [3.63, 3.8) is 0 Å². The van der Waals surface area contributed by atoms with E-state index < -0.39 is 0 Å². The number of ether oxygens (including phenoxy) is 2. The highest BCUT2D eigenvalue weighted by molar-refractivity contribution is 6.30. The van der Waals surface area contributed by atoms with Crippen molar-refractivity contribution in [1.82, 2.24) is 4.90 Å². The number of hydrogen-bond donors (Lipinski definition) is 0. The topological polar surface area (TPSA) is 21.7 Å². The van der Waals surface area contributed by atoms with E-state index in [1.54, 1.807) is 0 Å². The summed E-state index contributed by atoms with van der Waals surface area (Å²) < 4.78 is 11.2. The first kappa shape index (κ1) is 12.3. The largest absolute Gasteiger partial charge is 0.492 e. The van der Waals surface area contributed by atoms with Gasteiger partial charge in [0.05, 0.1) is 6.61 Å². The number of fused-ring (bicyclic) bond motifs is 1. The number of halogens is 1. The Hall–Kier alpha value is -0.770. The Balaban J connectivity index is 1.70. The van der Waals surface area contributed by atoms with Crippen LogP contribution in [0.25, 0.3) is 0 Å². The Morgan fingerprint density at radius 1 is 1.33 bits per heavy atom. The summed E-state index contributed by atoms with van der Waals surface area (Å²) in [5, 5.41) is 0.781. The SMILES string of the molecule is Clc1ccc2c(c1)CN(CC1CCOC1)CCO2. The van der Waals surface area contributed by atoms with E-state index in [1.165, 1.54) is 12.0 Å². The van der Waals surface area contributed by atoms with E-state index in [1.807, 2.05) is 18.2 Å². The van der Waals surface area contributed by atoms with Gasteiger partial charge in [0.1, 0.15) is 12.4 Å². The number of rotatable bonds is 2. The predicted octanol–water partition coefficient (Wildman–Crippen LogP) is 2.57. The van der Waals surface area contributed by atoms with Gasteiger partial charge in [-0.05, 0) is 30.5 Å². The van der Waals surface area contributed by atoms with Gasteiger partial charge in [0.25, 0.3) is 0 Å². The highest BCUT2D eigenvalue weighted by atomic mass is 35.5. The summed E-state index contributed by atoms with van der Waals surface area (Å²) in [6.07, 6.45) is 1.18. The number of benzene rings is 1. The lowest BCUT2D eigenvalue weighted by atomic mass is 10.1. The number of nitrogens with zero attached hydrogens (tertiary/aromatic N) is 1. The number of hydrogen-bond acceptors (Lipinski definition) is 3. The zero-order chi connectivity index (χ0) is 12.4. The van der Waals surface area contributed by atoms with Crippen LogP contribution in [0.1, 0.15) is 12.0 Å². The average Bonchev–Trinajstić information content (AvgIpc) is 2.76. The molecule has 0 spiro atoms. The maximum Gasteiger partial charge on any atom is 0.123 e. The molecule has 0 aliphatic carbocycles. The molecule has 1 aromatic carbocycles. The first-order valence-corrected chi connectivity index (χ1v) is 6.90. The molecular weight excluding hydrogens is 250 g/mol. The third kappa shape index (κ3) is 2.79. The molecular formula is C14H18ClNO2. The molecule has 1 atom stereocenters. The van der Waals surface area contributed by atoms with Crippen molar-refractivity contribution >= 4 is 11.6 Å². The lowest BCUT2D eigenvalue weighted by Gasteiger charge is -2.22. The van der Waals surface area contributed by atoms with E-state index in [2.05, 4.69) is 4.90 Å². The van der Waals surface area contributed by atoms with E-state index in [0.717, 1.165) is 50.2 Å². The molecule has 2 heterocycles. The van der Waals surface area contributed by atoms with Crippen molar-refractivity contribution in [2.75, 3.05) is 32.9 Å². The summed E-state index contributed by atoms with van der Waals surface area (Å²) in [5.41, 5.74) is 1.19. The Bertz CT molecular complexity index is 418. The van der Waals surface area contributed by atoms with Gasteiger partial charge in [0.2, 0.25) is 0 Å². The molecule has 1 saturated heterocycles. The summed E-state index contributed by atoms with van der Waals surface area (Å²) in [6, 6.07) is 5.88. The van der Waals surface area contributed by atoms with Crippen LogP contribution in [0, 0.1) is 5.92 Å². The van der Waals surface area contributed by atoms with Gasteiger partial charge in [-0.15, -0.1) is 0 Å². The van der Waals surface area contributed by atoms with E-state index in [9.17, 15) is 0 Å². The molecule has 3 rings (SSSR count). The second kappa shape index (κ2) is 5.47. The summed E-state index contributed by atoms with van der Waals surface area (Å²) >= 11 is 6.05. The summed E-state index contributed by atoms with van der Waals surface area (Å²) in [5.74, 6) is 1.65. The van der Waals surface area contributed by atoms with Gasteiger partial charge in [-0.2, -0.15) is 0 Å². The van der Waals surface area contributed by atoms with Gasteiger partial charge in [0, 0.05) is 36.8 Å². The average molecular weight is 268 g/mol. The smallest absolute Gasteiger partial charge is 0.123 e. The second-order valence-corrected chi connectivity index (χ2v) is 5.50. The molecule has 0 N–H and O–H groups in total. The van der Waals surface area contributed by atoms with Crippen molar-refractivity contribution in [3.8, 4) is 5.75 Å². The second-order valence-electron chi connectivity index (χ2n) is 5.07. The first-order valence-electron chi connectivity index (χ1n) is 6.52. The minimum absolute atomic E-state index is 0.672. The van der Waals surface area contributed by atoms with Gasteiger partial charge >= 0.3 is 0 Å². The third-order valence-corrected chi connectivity index (χ3v) is 3.86. The molecule has 1 unspecified atom stereocenters. The zero-order valence-corrected chi connectivity index (χ0v) is 11.2. The fraction of sp³-hybridized carbons (Fsp3) is 0.571. The normalized spacial score (nSPS) is 24.4. The van der Waals surface area contributed by atoms with Crippen LogP contribution in [0.3, 0.4) is 0 Å². The molecule has 1 fully saturated rings. The molecule has 3 nitrogen and oxygen atoms in total. The Morgan fingerprint density at radius 2 is 2.28 bits per heavy atom. The summed E-state index contributed by atoms with van der Waals surface area (Å²) in [4.78, 5) is 2.45. The molecule has 2 aliphatic rings. The lowest BCUT2D eigenvalue weighted by molar-refractivity contribution is 0.159. The van der Waals surface area contributed by atoms with Crippen LogP contribution >= 0.6 is 11.6 Å². The quantitative estimate of drug-likeness (QED) is 0.822. The fourth-order valence-electron chi connectivity index (χ4n) is 2.67. The van der Waals surface area contributed by atoms with Gasteiger partial charge < -0.3 is 9.47 Å². The maximum atomic E-state index is 6.05. The molecule has 2 aliphatic heterocycles. The van der Waals surface area contributed by atoms with Crippen molar-refractivity contribution in [2.45, 2.75) is 13.0 Å². The highest BCUT2D eigenvalue weighted by Crippen LogP contribution is 2.27. The molecule has 0 saturated carbocycles. The van der Waals surface area contributed by atoms with Crippen molar-refractivity contribution in [2.24, 2.45) is 5.92 Å². The Morgan fingerprint density at radius 3 is 3.11 bits per heavy atom. The van der Waals surface area contributed by atoms with Gasteiger partial charge in [-0.25, -0.2) is 0 Å². The van der Waals surface area contributed by atoms with E-state index in [0.29, 0.717) is 5.92 Å². The predicted molar refractivity (Wildman–Crippen MR) is 71.2 cm³/mol. The minimum Gasteiger partial charge on any atom is -0.492 e. The van der Waals surface area contributed by atoms with Crippen LogP contribution in [0.2, 0.25) is 5.02 Å². The van der Waals surface area contributed by atoms with Crippen molar-refractivity contribution in [3.05, 3.63) is 28.8 Å². The van der Waals surface area contributed by atoms with E-state index in [4.69, 9.17) is 21.1 Å². The van der Waals surface area contributed by atoms with E-state index in [-0.39, 0.29) is 0 Å². The van der Waals surface area contributed by atoms with Crippen LogP contribution in [0.15, 0.2) is 18.2 Å². The van der Waals surface area contributed by atoms with Crippen LogP contribution in [0.5, 0.6) is 5.75 Å². The Labute approximate surface area is 113 Å². The summed E-state index contributed by atoms with van der Waals surface area (Å²) in [7, 11) is 0. The van der Waals surface area contributed by atoms with Crippen LogP contribution < -0.4 is 4.74 Å². The molecule has 0 aromatic heterocycles. The van der Waals surface area contributed by atoms with Gasteiger partial charge in [-0.1, -0.05) is 11.6 Å². The van der Waals surface area contributed by atoms with Gasteiger partial charge in [0.15, 0.2) is 0 Å². The minimum atomic E-state index is 0.672. The first-order chi connectivity index (χ1) is 8.81. The summed E-state index contributed by atoms with van der Waals surface area (Å²) in [6.45, 7) is 5.56. The molecule has 0 bridgehead atoms. The molecule has 0 amide bonds. The van der Waals surface area contributed by atoms with Crippen LogP contribution in [-0.2, 0) is 11.3 Å². The third-order valence-electron chi connectivity index (χ3n) is 3.62. The van der Waals surface area contributed by atoms with Crippen molar-refractivity contribution < 1.29 is 9.47 Å². The molecule has 0 radical (unpaired) electrons. The molecule has 1 aromatic rings. The fourth-order valence-corrected chi connectivity index (χ4v) is 2.86. The van der Waals surface area contributed by atoms with Gasteiger partial charge in [-0.3, -0.25) is 4.90 Å². The van der Waals surface area contributed by atoms with E-state index >= 15 is 0 Å². The standard InChI is InChI=1S/C14H18ClNO2/c15-13-1-2-14-12(7-13)9-16(4-6-18-14)8-11-3-5-17-10-11/h1-2,7,11H,3-6,8-10H2. The van der Waals surface area contributed by atoms with Crippen LogP contribution in [-0.4, -0.2) is 37.8 Å².